The fourth-order valence-electron chi connectivity index (χ4n) is 1.27. The maximum Gasteiger partial charge on any atom is 0.222 e. The van der Waals surface area contributed by atoms with Crippen LogP contribution in [-0.4, -0.2) is 22.6 Å². The van der Waals surface area contributed by atoms with E-state index in [4.69, 9.17) is 5.73 Å². The number of anilines is 1. The average Bonchev–Trinajstić information content (AvgIpc) is 2.27. The Labute approximate surface area is 104 Å². The Balaban J connectivity index is 2.47. The van der Waals surface area contributed by atoms with Crippen LogP contribution in [0.15, 0.2) is 12.4 Å². The zero-order valence-electron chi connectivity index (χ0n) is 8.91. The van der Waals surface area contributed by atoms with E-state index in [2.05, 4.69) is 44.8 Å². The number of hydrogen-bond donors (Lipinski definition) is 2. The summed E-state index contributed by atoms with van der Waals surface area (Å²) < 4.78 is 1.04. The van der Waals surface area contributed by atoms with Crippen molar-refractivity contribution < 1.29 is 0 Å². The van der Waals surface area contributed by atoms with Gasteiger partial charge in [-0.3, -0.25) is 0 Å². The van der Waals surface area contributed by atoms with Crippen molar-refractivity contribution in [3.63, 3.8) is 0 Å². The van der Waals surface area contributed by atoms with Crippen molar-refractivity contribution in [3.8, 4) is 0 Å². The topological polar surface area (TPSA) is 63.8 Å². The van der Waals surface area contributed by atoms with Crippen LogP contribution in [0.3, 0.4) is 0 Å². The van der Waals surface area contributed by atoms with E-state index in [1.807, 2.05) is 0 Å². The van der Waals surface area contributed by atoms with Crippen molar-refractivity contribution in [2.45, 2.75) is 32.2 Å². The Morgan fingerprint density at radius 1 is 1.47 bits per heavy atom. The molecule has 3 N–H and O–H groups in total. The van der Waals surface area contributed by atoms with Gasteiger partial charge in [-0.05, 0) is 29.0 Å². The fraction of sp³-hybridized carbons (Fsp3) is 0.600. The molecule has 0 aliphatic heterocycles. The summed E-state index contributed by atoms with van der Waals surface area (Å²) in [5, 5.41) is 3.24. The third-order valence-electron chi connectivity index (χ3n) is 2.14. The lowest BCUT2D eigenvalue weighted by Crippen LogP contribution is -2.29. The van der Waals surface area contributed by atoms with Gasteiger partial charge in [-0.1, -0.05) is 19.8 Å². The van der Waals surface area contributed by atoms with Crippen LogP contribution in [0.25, 0.3) is 0 Å². The van der Waals surface area contributed by atoms with E-state index in [0.717, 1.165) is 9.99 Å². The highest BCUT2D eigenvalue weighted by Gasteiger charge is 2.06. The predicted molar refractivity (Wildman–Crippen MR) is 70.7 cm³/mol. The van der Waals surface area contributed by atoms with Crippen molar-refractivity contribution in [1.82, 2.24) is 9.97 Å². The van der Waals surface area contributed by atoms with Crippen molar-refractivity contribution >= 4 is 28.5 Å². The van der Waals surface area contributed by atoms with Crippen LogP contribution in [0.5, 0.6) is 0 Å². The highest BCUT2D eigenvalue weighted by Crippen LogP contribution is 2.07. The van der Waals surface area contributed by atoms with Gasteiger partial charge in [0.05, 0.1) is 0 Å². The van der Waals surface area contributed by atoms with Crippen LogP contribution in [-0.2, 0) is 0 Å². The molecule has 1 aromatic rings. The van der Waals surface area contributed by atoms with Gasteiger partial charge in [-0.2, -0.15) is 0 Å². The van der Waals surface area contributed by atoms with E-state index < -0.39 is 0 Å². The molecule has 0 radical (unpaired) electrons. The van der Waals surface area contributed by atoms with Gasteiger partial charge >= 0.3 is 0 Å². The summed E-state index contributed by atoms with van der Waals surface area (Å²) in [6, 6.07) is 0.282. The van der Waals surface area contributed by atoms with Crippen LogP contribution in [0.2, 0.25) is 0 Å². The van der Waals surface area contributed by atoms with Crippen LogP contribution >= 0.6 is 22.6 Å². The Hall–Kier alpha value is -0.430. The number of nitrogens with one attached hydrogen (secondary N) is 1. The molecule has 0 spiro atoms. The molecule has 1 aromatic heterocycles. The lowest BCUT2D eigenvalue weighted by atomic mass is 10.1. The molecule has 0 aliphatic carbocycles. The Kier molecular flexibility index (Phi) is 5.85. The van der Waals surface area contributed by atoms with Gasteiger partial charge in [-0.15, -0.1) is 0 Å². The van der Waals surface area contributed by atoms with Gasteiger partial charge in [0.15, 0.2) is 0 Å². The van der Waals surface area contributed by atoms with Crippen LogP contribution in [0.1, 0.15) is 26.2 Å². The summed E-state index contributed by atoms with van der Waals surface area (Å²) in [6.45, 7) is 2.80. The van der Waals surface area contributed by atoms with Gasteiger partial charge in [0.2, 0.25) is 5.95 Å². The minimum absolute atomic E-state index is 0.282. The largest absolute Gasteiger partial charge is 0.350 e. The lowest BCUT2D eigenvalue weighted by molar-refractivity contribution is 0.610. The molecule has 1 atom stereocenters. The molecule has 0 amide bonds. The van der Waals surface area contributed by atoms with E-state index in [-0.39, 0.29) is 6.04 Å². The fourth-order valence-corrected chi connectivity index (χ4v) is 1.55. The van der Waals surface area contributed by atoms with Crippen LogP contribution < -0.4 is 11.1 Å². The first-order chi connectivity index (χ1) is 7.26. The number of nitrogens with two attached hydrogens (primary N) is 1. The molecule has 5 heteroatoms. The van der Waals surface area contributed by atoms with E-state index in [9.17, 15) is 0 Å². The van der Waals surface area contributed by atoms with Gasteiger partial charge in [0.25, 0.3) is 0 Å². The Morgan fingerprint density at radius 3 is 2.67 bits per heavy atom. The highest BCUT2D eigenvalue weighted by atomic mass is 127. The van der Waals surface area contributed by atoms with Gasteiger partial charge < -0.3 is 11.1 Å². The minimum atomic E-state index is 0.282. The highest BCUT2D eigenvalue weighted by molar-refractivity contribution is 14.1. The maximum absolute atomic E-state index is 5.67. The first-order valence-corrected chi connectivity index (χ1v) is 6.28. The number of unbranched alkanes of at least 4 members (excludes halogenated alkanes) is 1. The second-order valence-corrected chi connectivity index (χ2v) is 4.69. The van der Waals surface area contributed by atoms with Crippen molar-refractivity contribution in [1.29, 1.82) is 0 Å². The maximum atomic E-state index is 5.67. The molecule has 15 heavy (non-hydrogen) atoms. The van der Waals surface area contributed by atoms with E-state index in [1.54, 1.807) is 12.4 Å². The molecule has 0 saturated carbocycles. The first-order valence-electron chi connectivity index (χ1n) is 5.20. The van der Waals surface area contributed by atoms with Gasteiger partial charge in [0, 0.05) is 28.6 Å². The molecular formula is C10H17IN4. The number of aromatic nitrogens is 2. The normalized spacial score (nSPS) is 12.5. The van der Waals surface area contributed by atoms with E-state index in [0.29, 0.717) is 12.5 Å². The van der Waals surface area contributed by atoms with Crippen molar-refractivity contribution in [2.75, 3.05) is 11.9 Å². The molecule has 0 bridgehead atoms. The zero-order valence-corrected chi connectivity index (χ0v) is 11.1. The number of halogens is 1. The molecule has 4 nitrogen and oxygen atoms in total. The van der Waals surface area contributed by atoms with Crippen LogP contribution in [0, 0.1) is 3.57 Å². The number of nitrogens with zero attached hydrogens (tertiary/aromatic N) is 2. The van der Waals surface area contributed by atoms with Crippen LogP contribution in [0.4, 0.5) is 5.95 Å². The van der Waals surface area contributed by atoms with E-state index in [1.165, 1.54) is 12.8 Å². The molecule has 0 saturated heterocycles. The van der Waals surface area contributed by atoms with Gasteiger partial charge in [-0.25, -0.2) is 9.97 Å². The SMILES string of the molecule is CCCCC(CN)Nc1ncc(I)cn1. The number of hydrogen-bond acceptors (Lipinski definition) is 4. The van der Waals surface area contributed by atoms with Gasteiger partial charge in [0.1, 0.15) is 0 Å². The lowest BCUT2D eigenvalue weighted by Gasteiger charge is -2.15. The molecular weight excluding hydrogens is 303 g/mol. The molecule has 0 fully saturated rings. The summed E-state index contributed by atoms with van der Waals surface area (Å²) in [6.07, 6.45) is 7.03. The molecule has 0 aliphatic rings. The third-order valence-corrected chi connectivity index (χ3v) is 2.70. The summed E-state index contributed by atoms with van der Waals surface area (Å²) in [7, 11) is 0. The Morgan fingerprint density at radius 2 is 2.13 bits per heavy atom. The van der Waals surface area contributed by atoms with E-state index >= 15 is 0 Å². The zero-order chi connectivity index (χ0) is 11.1. The molecule has 1 rings (SSSR count). The molecule has 0 aromatic carbocycles. The van der Waals surface area contributed by atoms with Crippen molar-refractivity contribution in [2.24, 2.45) is 5.73 Å². The first kappa shape index (κ1) is 12.6. The molecule has 1 heterocycles. The Bertz CT molecular complexity index is 275. The second-order valence-electron chi connectivity index (χ2n) is 3.44. The summed E-state index contributed by atoms with van der Waals surface area (Å²) >= 11 is 2.18. The quantitative estimate of drug-likeness (QED) is 0.787. The molecule has 84 valence electrons. The predicted octanol–water partition coefficient (Wildman–Crippen LogP) is 2.01. The van der Waals surface area contributed by atoms with Crippen molar-refractivity contribution in [3.05, 3.63) is 16.0 Å². The second kappa shape index (κ2) is 6.95. The molecule has 1 unspecified atom stereocenters. The minimum Gasteiger partial charge on any atom is -0.350 e. The smallest absolute Gasteiger partial charge is 0.222 e. The summed E-state index contributed by atoms with van der Waals surface area (Å²) in [4.78, 5) is 8.38. The third kappa shape index (κ3) is 4.74. The average molecular weight is 320 g/mol. The standard InChI is InChI=1S/C10H17IN4/c1-2-3-4-9(5-12)15-10-13-6-8(11)7-14-10/h6-7,9H,2-5,12H2,1H3,(H,13,14,15). The summed E-state index contributed by atoms with van der Waals surface area (Å²) in [5.41, 5.74) is 5.67. The monoisotopic (exact) mass is 320 g/mol. The number of rotatable bonds is 6. The summed E-state index contributed by atoms with van der Waals surface area (Å²) in [5.74, 6) is 0.668.